The number of thiophene rings is 1. The molecule has 0 fully saturated rings. The summed E-state index contributed by atoms with van der Waals surface area (Å²) in [5.74, 6) is -0.0612. The summed E-state index contributed by atoms with van der Waals surface area (Å²) in [6, 6.07) is 8.14. The lowest BCUT2D eigenvalue weighted by Gasteiger charge is -2.17. The molecule has 106 valence electrons. The number of carbonyl (C=O) groups is 1. The topological polar surface area (TPSA) is 41.1 Å². The number of hydrogen-bond donors (Lipinski definition) is 2. The Labute approximate surface area is 131 Å². The summed E-state index contributed by atoms with van der Waals surface area (Å²) >= 11 is 5.28. The normalized spacial score (nSPS) is 12.0. The van der Waals surface area contributed by atoms with Gasteiger partial charge >= 0.3 is 0 Å². The smallest absolute Gasteiger partial charge is 0.221 e. The van der Waals surface area contributed by atoms with Gasteiger partial charge < -0.3 is 10.6 Å². The van der Waals surface area contributed by atoms with Crippen molar-refractivity contribution in [2.24, 2.45) is 0 Å². The molecule has 1 aromatic heterocycles. The number of carbonyl (C=O) groups excluding carboxylic acids is 1. The van der Waals surface area contributed by atoms with Crippen LogP contribution in [0, 0.1) is 6.92 Å². The lowest BCUT2D eigenvalue weighted by molar-refractivity contribution is -0.114. The van der Waals surface area contributed by atoms with Crippen molar-refractivity contribution in [3.63, 3.8) is 0 Å². The molecule has 0 aliphatic rings. The predicted molar refractivity (Wildman–Crippen MR) is 89.5 cm³/mol. The summed E-state index contributed by atoms with van der Waals surface area (Å²) < 4.78 is 1.12. The molecule has 20 heavy (non-hydrogen) atoms. The third-order valence-corrected chi connectivity index (χ3v) is 5.02. The molecular formula is C15H17BrN2OS. The first-order chi connectivity index (χ1) is 9.47. The van der Waals surface area contributed by atoms with Gasteiger partial charge in [0.25, 0.3) is 0 Å². The van der Waals surface area contributed by atoms with Gasteiger partial charge in [-0.1, -0.05) is 6.07 Å². The van der Waals surface area contributed by atoms with E-state index in [2.05, 4.69) is 51.9 Å². The highest BCUT2D eigenvalue weighted by Crippen LogP contribution is 2.32. The number of rotatable bonds is 4. The molecule has 1 amide bonds. The summed E-state index contributed by atoms with van der Waals surface area (Å²) in [4.78, 5) is 12.4. The molecule has 2 aromatic rings. The van der Waals surface area contributed by atoms with Crippen molar-refractivity contribution < 1.29 is 4.79 Å². The summed E-state index contributed by atoms with van der Waals surface area (Å²) in [5.41, 5.74) is 2.99. The van der Waals surface area contributed by atoms with Crippen LogP contribution in [0.3, 0.4) is 0 Å². The van der Waals surface area contributed by atoms with Gasteiger partial charge in [0, 0.05) is 27.6 Å². The Bertz CT molecular complexity index is 624. The number of amides is 1. The van der Waals surface area contributed by atoms with Crippen molar-refractivity contribution in [3.05, 3.63) is 44.6 Å². The average molecular weight is 353 g/mol. The van der Waals surface area contributed by atoms with Crippen LogP contribution < -0.4 is 10.6 Å². The van der Waals surface area contributed by atoms with E-state index in [4.69, 9.17) is 0 Å². The van der Waals surface area contributed by atoms with Crippen LogP contribution in [0.4, 0.5) is 11.4 Å². The maximum atomic E-state index is 11.1. The van der Waals surface area contributed by atoms with Crippen molar-refractivity contribution in [2.45, 2.75) is 26.8 Å². The quantitative estimate of drug-likeness (QED) is 0.817. The molecule has 0 spiro atoms. The SMILES string of the molecule is CC(=O)Nc1ccc(C)c(NC(C)c2sccc2Br)c1. The van der Waals surface area contributed by atoms with Crippen LogP contribution in [-0.4, -0.2) is 5.91 Å². The molecular weight excluding hydrogens is 336 g/mol. The van der Waals surface area contributed by atoms with E-state index in [1.165, 1.54) is 11.8 Å². The molecule has 3 nitrogen and oxygen atoms in total. The minimum atomic E-state index is -0.0612. The lowest BCUT2D eigenvalue weighted by atomic mass is 10.1. The lowest BCUT2D eigenvalue weighted by Crippen LogP contribution is -2.09. The van der Waals surface area contributed by atoms with Crippen molar-refractivity contribution in [1.82, 2.24) is 0 Å². The van der Waals surface area contributed by atoms with Gasteiger partial charge in [-0.05, 0) is 58.9 Å². The fraction of sp³-hybridized carbons (Fsp3) is 0.267. The van der Waals surface area contributed by atoms with Gasteiger partial charge in [0.2, 0.25) is 5.91 Å². The van der Waals surface area contributed by atoms with E-state index in [1.807, 2.05) is 18.2 Å². The summed E-state index contributed by atoms with van der Waals surface area (Å²) in [6.45, 7) is 5.69. The maximum absolute atomic E-state index is 11.1. The van der Waals surface area contributed by atoms with E-state index in [1.54, 1.807) is 11.3 Å². The Kier molecular flexibility index (Phi) is 4.83. The Morgan fingerprint density at radius 3 is 2.70 bits per heavy atom. The van der Waals surface area contributed by atoms with Gasteiger partial charge in [0.05, 0.1) is 6.04 Å². The maximum Gasteiger partial charge on any atom is 0.221 e. The third-order valence-electron chi connectivity index (χ3n) is 2.97. The summed E-state index contributed by atoms with van der Waals surface area (Å²) in [6.07, 6.45) is 0. The fourth-order valence-corrected chi connectivity index (χ4v) is 3.70. The minimum absolute atomic E-state index is 0.0612. The number of nitrogens with one attached hydrogen (secondary N) is 2. The van der Waals surface area contributed by atoms with Crippen molar-refractivity contribution in [1.29, 1.82) is 0 Å². The molecule has 0 aliphatic carbocycles. The second kappa shape index (κ2) is 6.41. The van der Waals surface area contributed by atoms with Crippen LogP contribution in [0.25, 0.3) is 0 Å². The van der Waals surface area contributed by atoms with Crippen LogP contribution in [0.15, 0.2) is 34.1 Å². The standard InChI is InChI=1S/C15H17BrN2OS/c1-9-4-5-12(18-11(3)19)8-14(9)17-10(2)15-13(16)6-7-20-15/h4-8,10,17H,1-3H3,(H,18,19). The second-order valence-corrected chi connectivity index (χ2v) is 6.51. The largest absolute Gasteiger partial charge is 0.377 e. The Balaban J connectivity index is 2.20. The molecule has 1 atom stereocenters. The number of anilines is 2. The molecule has 2 rings (SSSR count). The summed E-state index contributed by atoms with van der Waals surface area (Å²) in [5, 5.41) is 8.37. The van der Waals surface area contributed by atoms with Gasteiger partial charge in [-0.25, -0.2) is 0 Å². The van der Waals surface area contributed by atoms with E-state index in [0.29, 0.717) is 0 Å². The molecule has 1 aromatic carbocycles. The molecule has 0 bridgehead atoms. The van der Waals surface area contributed by atoms with Crippen LogP contribution in [0.5, 0.6) is 0 Å². The second-order valence-electron chi connectivity index (χ2n) is 4.71. The van der Waals surface area contributed by atoms with Crippen molar-refractivity contribution in [3.8, 4) is 0 Å². The van der Waals surface area contributed by atoms with Gasteiger partial charge in [-0.15, -0.1) is 11.3 Å². The van der Waals surface area contributed by atoms with E-state index in [0.717, 1.165) is 21.4 Å². The van der Waals surface area contributed by atoms with E-state index >= 15 is 0 Å². The number of benzene rings is 1. The highest BCUT2D eigenvalue weighted by molar-refractivity contribution is 9.10. The molecule has 0 radical (unpaired) electrons. The number of halogens is 1. The number of hydrogen-bond acceptors (Lipinski definition) is 3. The van der Waals surface area contributed by atoms with E-state index in [9.17, 15) is 4.79 Å². The van der Waals surface area contributed by atoms with Crippen molar-refractivity contribution in [2.75, 3.05) is 10.6 Å². The molecule has 0 saturated carbocycles. The van der Waals surface area contributed by atoms with Crippen LogP contribution >= 0.6 is 27.3 Å². The monoisotopic (exact) mass is 352 g/mol. The van der Waals surface area contributed by atoms with E-state index < -0.39 is 0 Å². The first kappa shape index (κ1) is 15.1. The molecule has 1 unspecified atom stereocenters. The zero-order chi connectivity index (χ0) is 14.7. The predicted octanol–water partition coefficient (Wildman–Crippen LogP) is 4.95. The van der Waals surface area contributed by atoms with Gasteiger partial charge in [0.1, 0.15) is 0 Å². The number of aryl methyl sites for hydroxylation is 1. The molecule has 5 heteroatoms. The molecule has 0 saturated heterocycles. The summed E-state index contributed by atoms with van der Waals surface area (Å²) in [7, 11) is 0. The zero-order valence-electron chi connectivity index (χ0n) is 11.7. The average Bonchev–Trinajstić information content (AvgIpc) is 2.79. The Morgan fingerprint density at radius 1 is 1.35 bits per heavy atom. The highest BCUT2D eigenvalue weighted by Gasteiger charge is 2.12. The Morgan fingerprint density at radius 2 is 2.10 bits per heavy atom. The third kappa shape index (κ3) is 3.61. The zero-order valence-corrected chi connectivity index (χ0v) is 14.1. The van der Waals surface area contributed by atoms with Crippen LogP contribution in [-0.2, 0) is 4.79 Å². The molecule has 2 N–H and O–H groups in total. The van der Waals surface area contributed by atoms with Gasteiger partial charge in [0.15, 0.2) is 0 Å². The minimum Gasteiger partial charge on any atom is -0.377 e. The Hall–Kier alpha value is -1.33. The van der Waals surface area contributed by atoms with Crippen molar-refractivity contribution >= 4 is 44.5 Å². The van der Waals surface area contributed by atoms with Gasteiger partial charge in [-0.2, -0.15) is 0 Å². The van der Waals surface area contributed by atoms with Crippen LogP contribution in [0.1, 0.15) is 30.3 Å². The fourth-order valence-electron chi connectivity index (χ4n) is 1.97. The highest BCUT2D eigenvalue weighted by atomic mass is 79.9. The van der Waals surface area contributed by atoms with Gasteiger partial charge in [-0.3, -0.25) is 4.79 Å². The van der Waals surface area contributed by atoms with E-state index in [-0.39, 0.29) is 11.9 Å². The molecule has 0 aliphatic heterocycles. The molecule has 1 heterocycles. The first-order valence-electron chi connectivity index (χ1n) is 6.35. The first-order valence-corrected chi connectivity index (χ1v) is 8.02. The van der Waals surface area contributed by atoms with Crippen LogP contribution in [0.2, 0.25) is 0 Å².